The number of hydrogen-bond donors (Lipinski definition) is 2. The molecule has 0 spiro atoms. The first kappa shape index (κ1) is 25.7. The summed E-state index contributed by atoms with van der Waals surface area (Å²) < 4.78 is 38.2. The van der Waals surface area contributed by atoms with Crippen LogP contribution < -0.4 is 5.32 Å². The molecule has 0 aliphatic carbocycles. The maximum absolute atomic E-state index is 12.7. The predicted octanol–water partition coefficient (Wildman–Crippen LogP) is 5.91. The number of carbonyl (C=O) groups is 1. The van der Waals surface area contributed by atoms with Gasteiger partial charge in [0.2, 0.25) is 0 Å². The van der Waals surface area contributed by atoms with Crippen molar-refractivity contribution in [2.45, 2.75) is 39.0 Å². The van der Waals surface area contributed by atoms with Crippen molar-refractivity contribution in [2.75, 3.05) is 25.0 Å². The van der Waals surface area contributed by atoms with Crippen molar-refractivity contribution in [1.82, 2.24) is 25.0 Å². The second-order valence-corrected chi connectivity index (χ2v) is 9.77. The van der Waals surface area contributed by atoms with Crippen molar-refractivity contribution >= 4 is 22.6 Å². The number of carbonyl (C=O) groups excluding carboxylic acids is 1. The molecular weight excluding hydrogens is 493 g/mol. The lowest BCUT2D eigenvalue weighted by Gasteiger charge is -2.34. The number of rotatable bonds is 3. The zero-order valence-corrected chi connectivity index (χ0v) is 21.2. The van der Waals surface area contributed by atoms with E-state index >= 15 is 0 Å². The Balaban J connectivity index is 0.000000433. The Bertz CT molecular complexity index is 1390. The normalized spacial score (nSPS) is 17.7. The highest BCUT2D eigenvalue weighted by molar-refractivity contribution is 6.00. The van der Waals surface area contributed by atoms with Gasteiger partial charge in [0, 0.05) is 53.7 Å². The van der Waals surface area contributed by atoms with Crippen LogP contribution in [0.5, 0.6) is 0 Å². The van der Waals surface area contributed by atoms with Crippen LogP contribution >= 0.6 is 0 Å². The van der Waals surface area contributed by atoms with Gasteiger partial charge in [-0.15, -0.1) is 0 Å². The summed E-state index contributed by atoms with van der Waals surface area (Å²) in [5.74, 6) is 0. The number of H-pyrrole nitrogens is 1. The summed E-state index contributed by atoms with van der Waals surface area (Å²) in [6.45, 7) is 3.82. The smallest absolute Gasteiger partial charge is 0.316 e. The second kappa shape index (κ2) is 10.4. The average molecular weight is 523 g/mol. The standard InChI is InChI=1S/C22H23F3N6O.C6H6/c1-12-5-14(6-13(2)26-12)20-17-7-15-9-31(16-3-4-30(10-16)11-22(23,24)25)21(32)27-18(15)8-19(17)28-29-20;1-2-4-6-5-3-1/h5-8,16H,3-4,9-11H2,1-2H3,(H,27,32)(H,28,29);1-6H. The molecule has 4 aromatic rings. The summed E-state index contributed by atoms with van der Waals surface area (Å²) in [7, 11) is 0. The van der Waals surface area contributed by atoms with Crippen molar-refractivity contribution in [3.63, 3.8) is 0 Å². The number of aromatic nitrogens is 3. The number of aryl methyl sites for hydroxylation is 2. The predicted molar refractivity (Wildman–Crippen MR) is 141 cm³/mol. The lowest BCUT2D eigenvalue weighted by Crippen LogP contribution is -2.46. The molecule has 0 bridgehead atoms. The minimum absolute atomic E-state index is 0.219. The Morgan fingerprint density at radius 1 is 1.00 bits per heavy atom. The number of anilines is 1. The van der Waals surface area contributed by atoms with E-state index in [0.717, 1.165) is 39.1 Å². The highest BCUT2D eigenvalue weighted by atomic mass is 19.4. The molecule has 0 radical (unpaired) electrons. The largest absolute Gasteiger partial charge is 0.401 e. The van der Waals surface area contributed by atoms with Crippen LogP contribution in [0.4, 0.5) is 23.7 Å². The average Bonchev–Trinajstić information content (AvgIpc) is 3.49. The zero-order chi connectivity index (χ0) is 26.9. The van der Waals surface area contributed by atoms with E-state index in [2.05, 4.69) is 20.5 Å². The summed E-state index contributed by atoms with van der Waals surface area (Å²) in [4.78, 5) is 20.1. The van der Waals surface area contributed by atoms with Crippen LogP contribution in [-0.4, -0.2) is 62.9 Å². The Morgan fingerprint density at radius 2 is 1.66 bits per heavy atom. The van der Waals surface area contributed by atoms with E-state index in [9.17, 15) is 18.0 Å². The molecule has 1 atom stereocenters. The molecule has 1 fully saturated rings. The number of nitrogens with zero attached hydrogens (tertiary/aromatic N) is 4. The maximum Gasteiger partial charge on any atom is 0.401 e. The fourth-order valence-corrected chi connectivity index (χ4v) is 5.13. The number of likely N-dealkylation sites (tertiary alicyclic amines) is 1. The molecule has 10 heteroatoms. The van der Waals surface area contributed by atoms with Gasteiger partial charge >= 0.3 is 12.2 Å². The first-order valence-electron chi connectivity index (χ1n) is 12.5. The summed E-state index contributed by atoms with van der Waals surface area (Å²) in [5, 5.41) is 11.3. The van der Waals surface area contributed by atoms with Crippen LogP contribution in [0.15, 0.2) is 60.7 Å². The van der Waals surface area contributed by atoms with E-state index in [-0.39, 0.29) is 18.6 Å². The van der Waals surface area contributed by atoms with Gasteiger partial charge in [0.25, 0.3) is 0 Å². The molecule has 6 rings (SSSR count). The van der Waals surface area contributed by atoms with Crippen LogP contribution in [0.25, 0.3) is 22.2 Å². The molecule has 2 aliphatic heterocycles. The number of halogens is 3. The molecule has 1 unspecified atom stereocenters. The SMILES string of the molecule is Cc1cc(-c2n[nH]c3cc4c(cc23)CN(C2CCN(CC(F)(F)F)C2)C(=O)N4)cc(C)n1.c1ccccc1. The molecule has 38 heavy (non-hydrogen) atoms. The molecule has 2 aromatic carbocycles. The van der Waals surface area contributed by atoms with Gasteiger partial charge in [-0.1, -0.05) is 36.4 Å². The highest BCUT2D eigenvalue weighted by Crippen LogP contribution is 2.35. The lowest BCUT2D eigenvalue weighted by molar-refractivity contribution is -0.143. The number of nitrogens with one attached hydrogen (secondary N) is 2. The molecule has 198 valence electrons. The summed E-state index contributed by atoms with van der Waals surface area (Å²) >= 11 is 0. The molecular formula is C28H29F3N6O. The minimum atomic E-state index is -4.24. The van der Waals surface area contributed by atoms with Crippen molar-refractivity contribution in [3.8, 4) is 11.3 Å². The van der Waals surface area contributed by atoms with Crippen LogP contribution in [0.3, 0.4) is 0 Å². The third kappa shape index (κ3) is 5.80. The summed E-state index contributed by atoms with van der Waals surface area (Å²) in [6, 6.07) is 19.3. The maximum atomic E-state index is 12.7. The Labute approximate surface area is 218 Å². The Kier molecular flexibility index (Phi) is 7.07. The first-order chi connectivity index (χ1) is 18.2. The Hall–Kier alpha value is -3.92. The molecule has 2 aliphatic rings. The van der Waals surface area contributed by atoms with Gasteiger partial charge in [0.05, 0.1) is 12.1 Å². The van der Waals surface area contributed by atoms with E-state index in [4.69, 9.17) is 0 Å². The third-order valence-corrected chi connectivity index (χ3v) is 6.74. The van der Waals surface area contributed by atoms with Crippen LogP contribution in [0.2, 0.25) is 0 Å². The van der Waals surface area contributed by atoms with Crippen LogP contribution in [0.1, 0.15) is 23.4 Å². The second-order valence-electron chi connectivity index (χ2n) is 9.77. The van der Waals surface area contributed by atoms with Gasteiger partial charge in [0.1, 0.15) is 5.69 Å². The molecule has 2 amide bonds. The van der Waals surface area contributed by atoms with Crippen LogP contribution in [-0.2, 0) is 6.54 Å². The van der Waals surface area contributed by atoms with E-state index in [1.807, 2.05) is 74.5 Å². The molecule has 2 aromatic heterocycles. The molecule has 4 heterocycles. The third-order valence-electron chi connectivity index (χ3n) is 6.74. The minimum Gasteiger partial charge on any atom is -0.316 e. The number of fused-ring (bicyclic) bond motifs is 2. The number of pyridine rings is 1. The van der Waals surface area contributed by atoms with Crippen molar-refractivity contribution in [2.24, 2.45) is 0 Å². The van der Waals surface area contributed by atoms with Crippen LogP contribution in [0, 0.1) is 13.8 Å². The molecule has 1 saturated heterocycles. The number of hydrogen-bond acceptors (Lipinski definition) is 4. The summed E-state index contributed by atoms with van der Waals surface area (Å²) in [6.07, 6.45) is -3.72. The van der Waals surface area contributed by atoms with Gasteiger partial charge in [-0.25, -0.2) is 4.79 Å². The van der Waals surface area contributed by atoms with E-state index in [0.29, 0.717) is 25.2 Å². The molecule has 0 saturated carbocycles. The number of aromatic amines is 1. The van der Waals surface area contributed by atoms with Gasteiger partial charge in [-0.05, 0) is 50.1 Å². The molecule has 7 nitrogen and oxygen atoms in total. The van der Waals surface area contributed by atoms with Gasteiger partial charge in [0.15, 0.2) is 0 Å². The highest BCUT2D eigenvalue weighted by Gasteiger charge is 2.38. The monoisotopic (exact) mass is 522 g/mol. The Morgan fingerprint density at radius 3 is 2.29 bits per heavy atom. The quantitative estimate of drug-likeness (QED) is 0.351. The van der Waals surface area contributed by atoms with Crippen molar-refractivity contribution in [1.29, 1.82) is 0 Å². The number of benzene rings is 2. The van der Waals surface area contributed by atoms with Crippen molar-refractivity contribution < 1.29 is 18.0 Å². The fourth-order valence-electron chi connectivity index (χ4n) is 5.13. The number of urea groups is 1. The first-order valence-corrected chi connectivity index (χ1v) is 12.5. The van der Waals surface area contributed by atoms with Gasteiger partial charge in [-0.2, -0.15) is 18.3 Å². The fraction of sp³-hybridized carbons (Fsp3) is 0.321. The van der Waals surface area contributed by atoms with E-state index in [1.54, 1.807) is 4.90 Å². The van der Waals surface area contributed by atoms with E-state index in [1.165, 1.54) is 4.90 Å². The topological polar surface area (TPSA) is 77.2 Å². The summed E-state index contributed by atoms with van der Waals surface area (Å²) in [5.41, 5.74) is 5.97. The van der Waals surface area contributed by atoms with E-state index < -0.39 is 12.7 Å². The van der Waals surface area contributed by atoms with Gasteiger partial charge in [-0.3, -0.25) is 15.0 Å². The zero-order valence-electron chi connectivity index (χ0n) is 21.2. The number of amides is 2. The lowest BCUT2D eigenvalue weighted by atomic mass is 10.0. The molecule has 2 N–H and O–H groups in total. The number of alkyl halides is 3. The van der Waals surface area contributed by atoms with Crippen molar-refractivity contribution in [3.05, 3.63) is 77.6 Å². The van der Waals surface area contributed by atoms with Gasteiger partial charge < -0.3 is 10.2 Å².